The summed E-state index contributed by atoms with van der Waals surface area (Å²) in [7, 11) is 0. The lowest BCUT2D eigenvalue weighted by atomic mass is 10.2. The maximum Gasteiger partial charge on any atom is 0.332 e. The zero-order valence-corrected chi connectivity index (χ0v) is 21.5. The van der Waals surface area contributed by atoms with E-state index in [0.717, 1.165) is 4.57 Å². The standard InChI is InChI=1S/C27H28F3N5O4/c1-16(2)35-23-21(25(37)33(26(35)38)11-4-12-36)34(14-17-6-8-19(28)9-7-17)22(32-23)20-5-3-10-31-24(20)39-15-18-13-27(18,29)30/h3,5-10,16,18,36H,4,11-15H2,1-2H3/t18-/m1/s1. The third kappa shape index (κ3) is 5.08. The van der Waals surface area contributed by atoms with Crippen LogP contribution in [0.4, 0.5) is 13.2 Å². The first-order chi connectivity index (χ1) is 18.6. The van der Waals surface area contributed by atoms with Crippen molar-refractivity contribution in [1.82, 2.24) is 23.7 Å². The molecule has 0 amide bonds. The molecule has 1 fully saturated rings. The maximum atomic E-state index is 13.7. The van der Waals surface area contributed by atoms with Gasteiger partial charge in [-0.2, -0.15) is 0 Å². The smallest absolute Gasteiger partial charge is 0.332 e. The van der Waals surface area contributed by atoms with Gasteiger partial charge in [-0.25, -0.2) is 27.9 Å². The van der Waals surface area contributed by atoms with Crippen LogP contribution in [0.25, 0.3) is 22.6 Å². The van der Waals surface area contributed by atoms with Crippen LogP contribution in [0, 0.1) is 11.7 Å². The number of alkyl halides is 2. The third-order valence-electron chi connectivity index (χ3n) is 6.76. The summed E-state index contributed by atoms with van der Waals surface area (Å²) in [6, 6.07) is 8.65. The zero-order chi connectivity index (χ0) is 27.9. The minimum atomic E-state index is -2.77. The molecule has 1 aliphatic carbocycles. The summed E-state index contributed by atoms with van der Waals surface area (Å²) >= 11 is 0. The molecule has 1 N–H and O–H groups in total. The van der Waals surface area contributed by atoms with Crippen molar-refractivity contribution < 1.29 is 23.0 Å². The number of ether oxygens (including phenoxy) is 1. The molecule has 1 aromatic carbocycles. The summed E-state index contributed by atoms with van der Waals surface area (Å²) in [4.78, 5) is 36.1. The molecule has 1 saturated carbocycles. The van der Waals surface area contributed by atoms with Crippen LogP contribution >= 0.6 is 0 Å². The fourth-order valence-corrected chi connectivity index (χ4v) is 4.58. The van der Waals surface area contributed by atoms with E-state index in [4.69, 9.17) is 9.72 Å². The van der Waals surface area contributed by atoms with E-state index >= 15 is 0 Å². The molecular weight excluding hydrogens is 515 g/mol. The van der Waals surface area contributed by atoms with Crippen LogP contribution < -0.4 is 16.0 Å². The van der Waals surface area contributed by atoms with Gasteiger partial charge in [0.1, 0.15) is 11.6 Å². The number of benzene rings is 1. The zero-order valence-electron chi connectivity index (χ0n) is 21.5. The minimum Gasteiger partial charge on any atom is -0.477 e. The quantitative estimate of drug-likeness (QED) is 0.328. The third-order valence-corrected chi connectivity index (χ3v) is 6.76. The van der Waals surface area contributed by atoms with E-state index in [-0.39, 0.29) is 68.1 Å². The van der Waals surface area contributed by atoms with Crippen molar-refractivity contribution in [3.05, 3.63) is 74.8 Å². The molecule has 4 aromatic rings. The number of imidazole rings is 1. The second-order valence-electron chi connectivity index (χ2n) is 9.93. The van der Waals surface area contributed by atoms with E-state index in [9.17, 15) is 27.9 Å². The number of hydrogen-bond acceptors (Lipinski definition) is 6. The van der Waals surface area contributed by atoms with E-state index in [1.165, 1.54) is 22.9 Å². The number of aliphatic hydroxyl groups is 1. The molecule has 3 aromatic heterocycles. The molecule has 0 aliphatic heterocycles. The average Bonchev–Trinajstić information content (AvgIpc) is 3.35. The number of pyridine rings is 1. The van der Waals surface area contributed by atoms with E-state index in [2.05, 4.69) is 4.98 Å². The number of fused-ring (bicyclic) bond motifs is 1. The summed E-state index contributed by atoms with van der Waals surface area (Å²) in [6.07, 6.45) is 1.40. The van der Waals surface area contributed by atoms with Gasteiger partial charge in [0, 0.05) is 38.4 Å². The highest BCUT2D eigenvalue weighted by Gasteiger charge is 2.57. The number of aliphatic hydroxyl groups excluding tert-OH is 1. The summed E-state index contributed by atoms with van der Waals surface area (Å²) < 4.78 is 50.4. The van der Waals surface area contributed by atoms with Crippen LogP contribution in [0.5, 0.6) is 5.88 Å². The first kappa shape index (κ1) is 26.7. The van der Waals surface area contributed by atoms with E-state index in [1.807, 2.05) is 0 Å². The van der Waals surface area contributed by atoms with Crippen molar-refractivity contribution >= 4 is 11.2 Å². The van der Waals surface area contributed by atoms with Crippen LogP contribution in [0.1, 0.15) is 38.3 Å². The number of hydrogen-bond donors (Lipinski definition) is 1. The molecule has 5 rings (SSSR count). The van der Waals surface area contributed by atoms with Gasteiger partial charge in [-0.05, 0) is 50.1 Å². The molecule has 39 heavy (non-hydrogen) atoms. The van der Waals surface area contributed by atoms with Crippen LogP contribution in [-0.2, 0) is 13.1 Å². The summed E-state index contributed by atoms with van der Waals surface area (Å²) in [5, 5.41) is 9.34. The molecule has 0 unspecified atom stereocenters. The Hall–Kier alpha value is -3.93. The van der Waals surface area contributed by atoms with Gasteiger partial charge in [-0.3, -0.25) is 13.9 Å². The Morgan fingerprint density at radius 3 is 2.51 bits per heavy atom. The average molecular weight is 544 g/mol. The number of aromatic nitrogens is 5. The molecule has 0 radical (unpaired) electrons. The van der Waals surface area contributed by atoms with E-state index in [1.54, 1.807) is 42.7 Å². The van der Waals surface area contributed by atoms with Crippen molar-refractivity contribution in [2.24, 2.45) is 5.92 Å². The van der Waals surface area contributed by atoms with Gasteiger partial charge in [0.15, 0.2) is 11.2 Å². The monoisotopic (exact) mass is 543 g/mol. The highest BCUT2D eigenvalue weighted by Crippen LogP contribution is 2.48. The Bertz CT molecular complexity index is 1630. The molecule has 0 spiro atoms. The van der Waals surface area contributed by atoms with Crippen LogP contribution in [0.3, 0.4) is 0 Å². The molecule has 1 aliphatic rings. The van der Waals surface area contributed by atoms with Gasteiger partial charge in [0.2, 0.25) is 5.88 Å². The molecule has 1 atom stereocenters. The van der Waals surface area contributed by atoms with Crippen LogP contribution in [0.2, 0.25) is 0 Å². The summed E-state index contributed by atoms with van der Waals surface area (Å²) in [5.74, 6) is -3.79. The van der Waals surface area contributed by atoms with Gasteiger partial charge in [-0.15, -0.1) is 0 Å². The fraction of sp³-hybridized carbons (Fsp3) is 0.407. The van der Waals surface area contributed by atoms with Crippen molar-refractivity contribution in [2.45, 2.75) is 51.7 Å². The second kappa shape index (κ2) is 10.3. The molecule has 3 heterocycles. The molecule has 0 bridgehead atoms. The van der Waals surface area contributed by atoms with Crippen molar-refractivity contribution in [3.63, 3.8) is 0 Å². The molecule has 12 heteroatoms. The predicted octanol–water partition coefficient (Wildman–Crippen LogP) is 3.61. The molecule has 9 nitrogen and oxygen atoms in total. The SMILES string of the molecule is CC(C)n1c(=O)n(CCCO)c(=O)c2c1nc(-c1cccnc1OC[C@H]1CC1(F)F)n2Cc1ccc(F)cc1. The number of rotatable bonds is 10. The Morgan fingerprint density at radius 1 is 1.15 bits per heavy atom. The molecule has 206 valence electrons. The summed E-state index contributed by atoms with van der Waals surface area (Å²) in [5.41, 5.74) is 0.121. The van der Waals surface area contributed by atoms with E-state index < -0.39 is 28.9 Å². The lowest BCUT2D eigenvalue weighted by molar-refractivity contribution is 0.0850. The highest BCUT2D eigenvalue weighted by molar-refractivity contribution is 5.78. The number of halogens is 3. The first-order valence-corrected chi connectivity index (χ1v) is 12.7. The first-order valence-electron chi connectivity index (χ1n) is 12.7. The van der Waals surface area contributed by atoms with Gasteiger partial charge >= 0.3 is 5.69 Å². The van der Waals surface area contributed by atoms with Crippen molar-refractivity contribution in [3.8, 4) is 17.3 Å². The second-order valence-corrected chi connectivity index (χ2v) is 9.93. The normalized spacial score (nSPS) is 16.2. The fourth-order valence-electron chi connectivity index (χ4n) is 4.58. The van der Waals surface area contributed by atoms with Gasteiger partial charge < -0.3 is 14.4 Å². The molecule has 0 saturated heterocycles. The topological polar surface area (TPSA) is 104 Å². The minimum absolute atomic E-state index is 0.00470. The Balaban J connectivity index is 1.74. The van der Waals surface area contributed by atoms with Crippen molar-refractivity contribution in [2.75, 3.05) is 13.2 Å². The Kier molecular flexibility index (Phi) is 7.06. The van der Waals surface area contributed by atoms with Gasteiger partial charge in [0.05, 0.1) is 18.1 Å². The highest BCUT2D eigenvalue weighted by atomic mass is 19.3. The van der Waals surface area contributed by atoms with Crippen molar-refractivity contribution in [1.29, 1.82) is 0 Å². The van der Waals surface area contributed by atoms with Crippen LogP contribution in [-0.4, -0.2) is 47.9 Å². The lowest BCUT2D eigenvalue weighted by Gasteiger charge is -2.15. The van der Waals surface area contributed by atoms with Gasteiger partial charge in [-0.1, -0.05) is 12.1 Å². The largest absolute Gasteiger partial charge is 0.477 e. The van der Waals surface area contributed by atoms with E-state index in [0.29, 0.717) is 11.1 Å². The number of nitrogens with zero attached hydrogens (tertiary/aromatic N) is 5. The Morgan fingerprint density at radius 2 is 1.87 bits per heavy atom. The van der Waals surface area contributed by atoms with Gasteiger partial charge in [0.25, 0.3) is 11.5 Å². The maximum absolute atomic E-state index is 13.7. The molecular formula is C27H28F3N5O4. The lowest BCUT2D eigenvalue weighted by Crippen LogP contribution is -2.41. The Labute approximate surface area is 221 Å². The predicted molar refractivity (Wildman–Crippen MR) is 138 cm³/mol. The summed E-state index contributed by atoms with van der Waals surface area (Å²) in [6.45, 7) is 3.23. The van der Waals surface area contributed by atoms with Crippen LogP contribution in [0.15, 0.2) is 52.2 Å².